The summed E-state index contributed by atoms with van der Waals surface area (Å²) in [5.74, 6) is 0.552. The van der Waals surface area contributed by atoms with Crippen molar-refractivity contribution in [3.63, 3.8) is 0 Å². The van der Waals surface area contributed by atoms with Crippen molar-refractivity contribution in [2.75, 3.05) is 46.3 Å². The highest BCUT2D eigenvalue weighted by atomic mass is 32.2. The summed E-state index contributed by atoms with van der Waals surface area (Å²) in [4.78, 5) is 2.45. The van der Waals surface area contributed by atoms with E-state index in [1.165, 1.54) is 12.0 Å². The van der Waals surface area contributed by atoms with E-state index in [2.05, 4.69) is 42.3 Å². The van der Waals surface area contributed by atoms with Crippen LogP contribution < -0.4 is 0 Å². The van der Waals surface area contributed by atoms with Crippen LogP contribution in [-0.2, 0) is 10.2 Å². The zero-order chi connectivity index (χ0) is 18.2. The van der Waals surface area contributed by atoms with Crippen LogP contribution in [0.4, 0.5) is 0 Å². The van der Waals surface area contributed by atoms with Gasteiger partial charge in [0.05, 0.1) is 0 Å². The van der Waals surface area contributed by atoms with Gasteiger partial charge in [-0.2, -0.15) is 17.0 Å². The first kappa shape index (κ1) is 18.4. The summed E-state index contributed by atoms with van der Waals surface area (Å²) < 4.78 is 29.1. The Kier molecular flexibility index (Phi) is 5.12. The maximum Gasteiger partial charge on any atom is 0.281 e. The third kappa shape index (κ3) is 3.57. The van der Waals surface area contributed by atoms with Crippen molar-refractivity contribution in [3.05, 3.63) is 35.9 Å². The minimum atomic E-state index is -3.24. The van der Waals surface area contributed by atoms with E-state index in [1.807, 2.05) is 0 Å². The quantitative estimate of drug-likeness (QED) is 0.813. The topological polar surface area (TPSA) is 43.9 Å². The van der Waals surface area contributed by atoms with E-state index in [4.69, 9.17) is 0 Å². The minimum absolute atomic E-state index is 0.255. The van der Waals surface area contributed by atoms with Gasteiger partial charge in [-0.3, -0.25) is 0 Å². The molecule has 0 amide bonds. The number of piperidine rings is 2. The zero-order valence-corrected chi connectivity index (χ0v) is 16.6. The van der Waals surface area contributed by atoms with Crippen molar-refractivity contribution in [1.29, 1.82) is 0 Å². The lowest BCUT2D eigenvalue weighted by Gasteiger charge is -2.49. The standard InChI is InChI=1S/C20H31N3O2S/c1-21-16-19(18-7-3-2-4-8-18)15-20(17-21)9-13-23(14-10-20)26(24,25)22-11-5-6-12-22/h2-4,7-8,19H,5-6,9-17H2,1H3/t19-/m0/s1. The number of likely N-dealkylation sites (N-methyl/N-ethyl adjacent to an activating group) is 1. The highest BCUT2D eigenvalue weighted by Crippen LogP contribution is 2.45. The molecule has 0 aromatic heterocycles. The van der Waals surface area contributed by atoms with Crippen LogP contribution in [0.1, 0.15) is 43.6 Å². The lowest BCUT2D eigenvalue weighted by molar-refractivity contribution is 0.0430. The Morgan fingerprint density at radius 2 is 1.58 bits per heavy atom. The molecule has 0 radical (unpaired) electrons. The maximum absolute atomic E-state index is 12.9. The Hall–Kier alpha value is -0.950. The second-order valence-corrected chi connectivity index (χ2v) is 10.4. The highest BCUT2D eigenvalue weighted by Gasteiger charge is 2.44. The third-order valence-corrected chi connectivity index (χ3v) is 8.62. The molecule has 144 valence electrons. The van der Waals surface area contributed by atoms with Crippen LogP contribution in [0.5, 0.6) is 0 Å². The van der Waals surface area contributed by atoms with Crippen LogP contribution in [-0.4, -0.2) is 68.2 Å². The molecule has 26 heavy (non-hydrogen) atoms. The summed E-state index contributed by atoms with van der Waals surface area (Å²) >= 11 is 0. The van der Waals surface area contributed by atoms with Crippen molar-refractivity contribution >= 4 is 10.2 Å². The van der Waals surface area contributed by atoms with E-state index in [0.29, 0.717) is 32.1 Å². The SMILES string of the molecule is CN1C[C@@H](c2ccccc2)CC2(CCN(S(=O)(=O)N3CCCC3)CC2)C1. The normalized spacial score (nSPS) is 28.6. The van der Waals surface area contributed by atoms with Crippen LogP contribution in [0.2, 0.25) is 0 Å². The van der Waals surface area contributed by atoms with Gasteiger partial charge in [-0.1, -0.05) is 30.3 Å². The zero-order valence-electron chi connectivity index (χ0n) is 15.8. The fraction of sp³-hybridized carbons (Fsp3) is 0.700. The Morgan fingerprint density at radius 3 is 2.23 bits per heavy atom. The van der Waals surface area contributed by atoms with Crippen molar-refractivity contribution in [1.82, 2.24) is 13.5 Å². The summed E-state index contributed by atoms with van der Waals surface area (Å²) in [6, 6.07) is 10.8. The van der Waals surface area contributed by atoms with Gasteiger partial charge in [-0.05, 0) is 56.0 Å². The molecule has 0 unspecified atom stereocenters. The van der Waals surface area contributed by atoms with Gasteiger partial charge in [0.1, 0.15) is 0 Å². The lowest BCUT2D eigenvalue weighted by Crippen LogP contribution is -2.53. The molecule has 0 N–H and O–H groups in total. The first-order valence-corrected chi connectivity index (χ1v) is 11.4. The fourth-order valence-electron chi connectivity index (χ4n) is 5.25. The van der Waals surface area contributed by atoms with Crippen molar-refractivity contribution < 1.29 is 8.42 Å². The predicted molar refractivity (Wildman–Crippen MR) is 104 cm³/mol. The Morgan fingerprint density at radius 1 is 0.962 bits per heavy atom. The average molecular weight is 378 g/mol. The van der Waals surface area contributed by atoms with E-state index in [-0.39, 0.29) is 5.41 Å². The van der Waals surface area contributed by atoms with Gasteiger partial charge in [0.25, 0.3) is 10.2 Å². The maximum atomic E-state index is 12.9. The van der Waals surface area contributed by atoms with E-state index in [9.17, 15) is 8.42 Å². The third-order valence-electron chi connectivity index (χ3n) is 6.59. The van der Waals surface area contributed by atoms with E-state index in [1.54, 1.807) is 8.61 Å². The largest absolute Gasteiger partial charge is 0.305 e. The van der Waals surface area contributed by atoms with Crippen LogP contribution >= 0.6 is 0 Å². The van der Waals surface area contributed by atoms with Crippen LogP contribution in [0.15, 0.2) is 30.3 Å². The van der Waals surface area contributed by atoms with Gasteiger partial charge in [0.15, 0.2) is 0 Å². The second kappa shape index (κ2) is 7.23. The summed E-state index contributed by atoms with van der Waals surface area (Å²) in [5, 5.41) is 0. The van der Waals surface area contributed by atoms with Crippen molar-refractivity contribution in [2.24, 2.45) is 5.41 Å². The number of benzene rings is 1. The molecule has 0 saturated carbocycles. The molecule has 1 aromatic rings. The minimum Gasteiger partial charge on any atom is -0.305 e. The smallest absolute Gasteiger partial charge is 0.281 e. The highest BCUT2D eigenvalue weighted by molar-refractivity contribution is 7.86. The van der Waals surface area contributed by atoms with Crippen LogP contribution in [0.3, 0.4) is 0 Å². The molecule has 1 spiro atoms. The molecule has 0 bridgehead atoms. The molecule has 3 aliphatic heterocycles. The molecule has 5 nitrogen and oxygen atoms in total. The summed E-state index contributed by atoms with van der Waals surface area (Å²) in [5.41, 5.74) is 1.68. The van der Waals surface area contributed by atoms with E-state index >= 15 is 0 Å². The summed E-state index contributed by atoms with van der Waals surface area (Å²) in [7, 11) is -1.03. The molecular formula is C20H31N3O2S. The van der Waals surface area contributed by atoms with Gasteiger partial charge >= 0.3 is 0 Å². The van der Waals surface area contributed by atoms with Crippen LogP contribution in [0.25, 0.3) is 0 Å². The van der Waals surface area contributed by atoms with Crippen LogP contribution in [0, 0.1) is 5.41 Å². The summed E-state index contributed by atoms with van der Waals surface area (Å²) in [6.45, 7) is 4.93. The lowest BCUT2D eigenvalue weighted by atomic mass is 9.68. The Bertz CT molecular complexity index is 708. The molecule has 0 aliphatic carbocycles. The molecule has 3 saturated heterocycles. The van der Waals surface area contributed by atoms with Crippen molar-refractivity contribution in [3.8, 4) is 0 Å². The van der Waals surface area contributed by atoms with Gasteiger partial charge in [0.2, 0.25) is 0 Å². The fourth-order valence-corrected chi connectivity index (χ4v) is 6.94. The number of hydrogen-bond acceptors (Lipinski definition) is 3. The van der Waals surface area contributed by atoms with E-state index < -0.39 is 10.2 Å². The van der Waals surface area contributed by atoms with E-state index in [0.717, 1.165) is 38.8 Å². The Balaban J connectivity index is 1.45. The molecule has 3 aliphatic rings. The number of rotatable bonds is 3. The Labute approximate surface area is 158 Å². The van der Waals surface area contributed by atoms with Gasteiger partial charge in [-0.25, -0.2) is 0 Å². The average Bonchev–Trinajstić information content (AvgIpc) is 3.18. The van der Waals surface area contributed by atoms with Crippen molar-refractivity contribution in [2.45, 2.75) is 38.0 Å². The molecule has 1 atom stereocenters. The number of nitrogens with zero attached hydrogens (tertiary/aromatic N) is 3. The van der Waals surface area contributed by atoms with Gasteiger partial charge in [0, 0.05) is 39.3 Å². The first-order chi connectivity index (χ1) is 12.5. The molecule has 1 aromatic carbocycles. The monoisotopic (exact) mass is 377 g/mol. The van der Waals surface area contributed by atoms with Gasteiger partial charge in [-0.15, -0.1) is 0 Å². The molecule has 4 rings (SSSR count). The number of hydrogen-bond donors (Lipinski definition) is 0. The molecular weight excluding hydrogens is 346 g/mol. The molecule has 6 heteroatoms. The summed E-state index contributed by atoms with van der Waals surface area (Å²) in [6.07, 6.45) is 5.14. The van der Waals surface area contributed by atoms with Gasteiger partial charge < -0.3 is 4.90 Å². The number of likely N-dealkylation sites (tertiary alicyclic amines) is 1. The first-order valence-electron chi connectivity index (χ1n) is 9.97. The molecule has 3 fully saturated rings. The molecule has 3 heterocycles. The second-order valence-electron chi connectivity index (χ2n) is 8.52. The predicted octanol–water partition coefficient (Wildman–Crippen LogP) is 2.53.